The minimum Gasteiger partial charge on any atom is -0.495 e. The van der Waals surface area contributed by atoms with Crippen molar-refractivity contribution in [1.29, 1.82) is 0 Å². The highest BCUT2D eigenvalue weighted by Gasteiger charge is 2.18. The Morgan fingerprint density at radius 3 is 2.36 bits per heavy atom. The molecule has 0 spiro atoms. The molecule has 136 valence electrons. The summed E-state index contributed by atoms with van der Waals surface area (Å²) in [6, 6.07) is 11.4. The lowest BCUT2D eigenvalue weighted by molar-refractivity contribution is 0.182. The van der Waals surface area contributed by atoms with Gasteiger partial charge in [-0.25, -0.2) is 13.1 Å². The largest absolute Gasteiger partial charge is 0.495 e. The van der Waals surface area contributed by atoms with Gasteiger partial charge in [0.25, 0.3) is 0 Å². The molecule has 0 heterocycles. The van der Waals surface area contributed by atoms with Crippen molar-refractivity contribution in [1.82, 2.24) is 4.72 Å². The number of rotatable bonds is 7. The van der Waals surface area contributed by atoms with Gasteiger partial charge in [-0.15, -0.1) is 0 Å². The number of aliphatic hydroxyl groups excluding tert-OH is 1. The van der Waals surface area contributed by atoms with E-state index in [4.69, 9.17) is 16.3 Å². The first-order valence-corrected chi connectivity index (χ1v) is 9.39. The standard InChI is InChI=1S/C17H21ClN2O4S/c1-20(2)13-6-4-12(5-7-13)16(21)11-19-25(22,23)14-8-9-17(24-3)15(18)10-14/h4-10,16,19,21H,11H2,1-3H3. The average Bonchev–Trinajstić information content (AvgIpc) is 2.59. The Hall–Kier alpha value is -1.80. The molecule has 8 heteroatoms. The molecular formula is C17H21ClN2O4S. The Bertz CT molecular complexity index is 823. The monoisotopic (exact) mass is 384 g/mol. The number of benzene rings is 2. The molecule has 2 rings (SSSR count). The summed E-state index contributed by atoms with van der Waals surface area (Å²) in [7, 11) is 1.49. The number of methoxy groups -OCH3 is 1. The number of nitrogens with one attached hydrogen (secondary N) is 1. The number of aliphatic hydroxyl groups is 1. The van der Waals surface area contributed by atoms with Crippen molar-refractivity contribution in [3.63, 3.8) is 0 Å². The molecule has 25 heavy (non-hydrogen) atoms. The normalized spacial score (nSPS) is 12.7. The van der Waals surface area contributed by atoms with Crippen LogP contribution < -0.4 is 14.4 Å². The van der Waals surface area contributed by atoms with E-state index in [1.165, 1.54) is 25.3 Å². The number of sulfonamides is 1. The zero-order valence-electron chi connectivity index (χ0n) is 14.2. The second-order valence-electron chi connectivity index (χ2n) is 5.65. The van der Waals surface area contributed by atoms with Crippen LogP contribution in [0, 0.1) is 0 Å². The second kappa shape index (κ2) is 8.05. The molecule has 0 radical (unpaired) electrons. The first-order valence-electron chi connectivity index (χ1n) is 7.53. The van der Waals surface area contributed by atoms with Gasteiger partial charge >= 0.3 is 0 Å². The van der Waals surface area contributed by atoms with Gasteiger partial charge in [0.15, 0.2) is 0 Å². The predicted octanol–water partition coefficient (Wildman–Crippen LogP) is 2.43. The van der Waals surface area contributed by atoms with Gasteiger partial charge in [0.2, 0.25) is 10.0 Å². The Balaban J connectivity index is 2.07. The number of anilines is 1. The highest BCUT2D eigenvalue weighted by atomic mass is 35.5. The lowest BCUT2D eigenvalue weighted by Crippen LogP contribution is -2.28. The van der Waals surface area contributed by atoms with Crippen molar-refractivity contribution >= 4 is 27.3 Å². The van der Waals surface area contributed by atoms with Crippen LogP contribution in [-0.4, -0.2) is 41.3 Å². The van der Waals surface area contributed by atoms with Gasteiger partial charge in [0.05, 0.1) is 23.1 Å². The van der Waals surface area contributed by atoms with Crippen molar-refractivity contribution in [3.05, 3.63) is 53.1 Å². The molecule has 0 saturated carbocycles. The summed E-state index contributed by atoms with van der Waals surface area (Å²) in [5.74, 6) is 0.390. The van der Waals surface area contributed by atoms with Crippen LogP contribution in [0.4, 0.5) is 5.69 Å². The zero-order chi connectivity index (χ0) is 18.6. The Morgan fingerprint density at radius 2 is 1.84 bits per heavy atom. The molecule has 2 aromatic rings. The van der Waals surface area contributed by atoms with E-state index in [1.54, 1.807) is 12.1 Å². The first kappa shape index (κ1) is 19.5. The van der Waals surface area contributed by atoms with E-state index in [9.17, 15) is 13.5 Å². The van der Waals surface area contributed by atoms with E-state index < -0.39 is 16.1 Å². The van der Waals surface area contributed by atoms with Crippen molar-refractivity contribution < 1.29 is 18.3 Å². The fourth-order valence-corrected chi connectivity index (χ4v) is 3.59. The van der Waals surface area contributed by atoms with Crippen LogP contribution in [0.3, 0.4) is 0 Å². The van der Waals surface area contributed by atoms with Crippen LogP contribution in [-0.2, 0) is 10.0 Å². The molecule has 0 amide bonds. The summed E-state index contributed by atoms with van der Waals surface area (Å²) in [5, 5.41) is 10.4. The fourth-order valence-electron chi connectivity index (χ4n) is 2.20. The van der Waals surface area contributed by atoms with Gasteiger partial charge in [-0.05, 0) is 35.9 Å². The van der Waals surface area contributed by atoms with Crippen molar-refractivity contribution in [2.45, 2.75) is 11.0 Å². The minimum absolute atomic E-state index is 0.00783. The maximum Gasteiger partial charge on any atom is 0.240 e. The lowest BCUT2D eigenvalue weighted by atomic mass is 10.1. The summed E-state index contributed by atoms with van der Waals surface area (Å²) < 4.78 is 32.1. The molecule has 0 bridgehead atoms. The van der Waals surface area contributed by atoms with E-state index in [2.05, 4.69) is 4.72 Å². The lowest BCUT2D eigenvalue weighted by Gasteiger charge is -2.16. The third kappa shape index (κ3) is 4.85. The number of hydrogen-bond donors (Lipinski definition) is 2. The predicted molar refractivity (Wildman–Crippen MR) is 98.9 cm³/mol. The fraction of sp³-hybridized carbons (Fsp3) is 0.294. The summed E-state index contributed by atoms with van der Waals surface area (Å²) in [4.78, 5) is 1.94. The molecule has 0 fully saturated rings. The van der Waals surface area contributed by atoms with E-state index in [-0.39, 0.29) is 16.5 Å². The first-order chi connectivity index (χ1) is 11.7. The molecule has 0 aliphatic carbocycles. The SMILES string of the molecule is COc1ccc(S(=O)(=O)NCC(O)c2ccc(N(C)C)cc2)cc1Cl. The third-order valence-corrected chi connectivity index (χ3v) is 5.41. The second-order valence-corrected chi connectivity index (χ2v) is 7.82. The summed E-state index contributed by atoms with van der Waals surface area (Å²) in [6.07, 6.45) is -0.959. The summed E-state index contributed by atoms with van der Waals surface area (Å²) in [6.45, 7) is -0.146. The van der Waals surface area contributed by atoms with Gasteiger partial charge < -0.3 is 14.7 Å². The highest BCUT2D eigenvalue weighted by molar-refractivity contribution is 7.89. The molecule has 0 saturated heterocycles. The summed E-state index contributed by atoms with van der Waals surface area (Å²) >= 11 is 5.96. The zero-order valence-corrected chi connectivity index (χ0v) is 15.8. The Morgan fingerprint density at radius 1 is 1.20 bits per heavy atom. The molecule has 0 aliphatic heterocycles. The topological polar surface area (TPSA) is 78.9 Å². The maximum absolute atomic E-state index is 12.3. The number of nitrogens with zero attached hydrogens (tertiary/aromatic N) is 1. The van der Waals surface area contributed by atoms with Crippen molar-refractivity contribution in [2.24, 2.45) is 0 Å². The van der Waals surface area contributed by atoms with Gasteiger partial charge in [-0.1, -0.05) is 23.7 Å². The molecule has 0 aliphatic rings. The third-order valence-electron chi connectivity index (χ3n) is 3.69. The van der Waals surface area contributed by atoms with Gasteiger partial charge in [-0.2, -0.15) is 0 Å². The van der Waals surface area contributed by atoms with E-state index >= 15 is 0 Å². The molecule has 0 aromatic heterocycles. The van der Waals surface area contributed by atoms with Crippen LogP contribution in [0.2, 0.25) is 5.02 Å². The molecule has 2 aromatic carbocycles. The van der Waals surface area contributed by atoms with Crippen LogP contribution in [0.25, 0.3) is 0 Å². The van der Waals surface area contributed by atoms with E-state index in [0.29, 0.717) is 11.3 Å². The van der Waals surface area contributed by atoms with E-state index in [1.807, 2.05) is 31.1 Å². The highest BCUT2D eigenvalue weighted by Crippen LogP contribution is 2.27. The van der Waals surface area contributed by atoms with Crippen LogP contribution in [0.15, 0.2) is 47.4 Å². The summed E-state index contributed by atoms with van der Waals surface area (Å²) in [5.41, 5.74) is 1.62. The van der Waals surface area contributed by atoms with Crippen LogP contribution >= 0.6 is 11.6 Å². The van der Waals surface area contributed by atoms with Crippen LogP contribution in [0.5, 0.6) is 5.75 Å². The Kier molecular flexibility index (Phi) is 6.29. The molecule has 2 N–H and O–H groups in total. The quantitative estimate of drug-likeness (QED) is 0.766. The van der Waals surface area contributed by atoms with Gasteiger partial charge in [0.1, 0.15) is 5.75 Å². The average molecular weight is 385 g/mol. The Labute approximate surface area is 153 Å². The van der Waals surface area contributed by atoms with Crippen molar-refractivity contribution in [2.75, 3.05) is 32.6 Å². The van der Waals surface area contributed by atoms with Gasteiger partial charge in [-0.3, -0.25) is 0 Å². The molecule has 1 unspecified atom stereocenters. The van der Waals surface area contributed by atoms with Gasteiger partial charge in [0, 0.05) is 26.3 Å². The smallest absolute Gasteiger partial charge is 0.240 e. The number of ether oxygens (including phenoxy) is 1. The van der Waals surface area contributed by atoms with Crippen molar-refractivity contribution in [3.8, 4) is 5.75 Å². The molecular weight excluding hydrogens is 364 g/mol. The molecule has 1 atom stereocenters. The minimum atomic E-state index is -3.79. The van der Waals surface area contributed by atoms with E-state index in [0.717, 1.165) is 5.69 Å². The maximum atomic E-state index is 12.3. The number of halogens is 1. The molecule has 6 nitrogen and oxygen atoms in total. The van der Waals surface area contributed by atoms with Crippen LogP contribution in [0.1, 0.15) is 11.7 Å². The number of hydrogen-bond acceptors (Lipinski definition) is 5.